The number of aliphatic hydroxyl groups is 1. The number of ether oxygens (including phenoxy) is 2. The Labute approximate surface area is 199 Å². The Bertz CT molecular complexity index is 1160. The molecule has 34 heavy (non-hydrogen) atoms. The number of rotatable bonds is 10. The largest absolute Gasteiger partial charge is 0.507 e. The molecule has 1 unspecified atom stereocenters. The van der Waals surface area contributed by atoms with Crippen LogP contribution in [-0.2, 0) is 0 Å². The molecule has 0 fully saturated rings. The molecule has 3 N–H and O–H groups in total. The molecule has 0 saturated carbocycles. The van der Waals surface area contributed by atoms with Gasteiger partial charge in [0.25, 0.3) is 5.91 Å². The molecule has 180 valence electrons. The number of nitrogens with zero attached hydrogens (tertiary/aromatic N) is 2. The third kappa shape index (κ3) is 4.46. The van der Waals surface area contributed by atoms with Gasteiger partial charge in [-0.1, -0.05) is 32.0 Å². The lowest BCUT2D eigenvalue weighted by Gasteiger charge is -2.26. The molecule has 1 aromatic heterocycles. The first-order valence-corrected chi connectivity index (χ1v) is 11.6. The van der Waals surface area contributed by atoms with Crippen LogP contribution in [0.1, 0.15) is 54.8 Å². The number of aliphatic hydroxyl groups excluding tert-OH is 1. The highest BCUT2D eigenvalue weighted by molar-refractivity contribution is 6.00. The predicted molar refractivity (Wildman–Crippen MR) is 128 cm³/mol. The second kappa shape index (κ2) is 10.2. The Balaban J connectivity index is 1.78. The quantitative estimate of drug-likeness (QED) is 0.415. The topological polar surface area (TPSA) is 108 Å². The minimum atomic E-state index is -0.507. The van der Waals surface area contributed by atoms with Crippen molar-refractivity contribution in [1.29, 1.82) is 0 Å². The Morgan fingerprint density at radius 3 is 2.65 bits per heavy atom. The number of carbonyl (C=O) groups excluding carboxylic acids is 1. The van der Waals surface area contributed by atoms with Crippen molar-refractivity contribution in [2.24, 2.45) is 5.92 Å². The average Bonchev–Trinajstić information content (AvgIpc) is 3.35. The summed E-state index contributed by atoms with van der Waals surface area (Å²) in [7, 11) is 0. The number of aromatic nitrogens is 2. The summed E-state index contributed by atoms with van der Waals surface area (Å²) in [4.78, 5) is 14.8. The first kappa shape index (κ1) is 23.6. The van der Waals surface area contributed by atoms with Crippen LogP contribution in [0.5, 0.6) is 17.2 Å². The molecular formula is C26H31N3O5. The molecule has 2 aromatic carbocycles. The minimum Gasteiger partial charge on any atom is -0.507 e. The van der Waals surface area contributed by atoms with Crippen LogP contribution in [0.25, 0.3) is 11.3 Å². The van der Waals surface area contributed by atoms with Crippen LogP contribution in [-0.4, -0.2) is 57.6 Å². The lowest BCUT2D eigenvalue weighted by atomic mass is 9.95. The lowest BCUT2D eigenvalue weighted by Crippen LogP contribution is -2.32. The number of phenols is 1. The number of amides is 1. The van der Waals surface area contributed by atoms with Gasteiger partial charge in [-0.2, -0.15) is 5.10 Å². The van der Waals surface area contributed by atoms with Crippen LogP contribution >= 0.6 is 0 Å². The lowest BCUT2D eigenvalue weighted by molar-refractivity contribution is 0.0706. The summed E-state index contributed by atoms with van der Waals surface area (Å²) < 4.78 is 11.9. The van der Waals surface area contributed by atoms with Crippen LogP contribution < -0.4 is 9.47 Å². The second-order valence-electron chi connectivity index (χ2n) is 8.67. The average molecular weight is 466 g/mol. The van der Waals surface area contributed by atoms with E-state index in [1.165, 1.54) is 0 Å². The first-order chi connectivity index (χ1) is 16.5. The van der Waals surface area contributed by atoms with Crippen molar-refractivity contribution in [3.05, 3.63) is 59.3 Å². The van der Waals surface area contributed by atoms with Crippen LogP contribution in [0.4, 0.5) is 0 Å². The fourth-order valence-corrected chi connectivity index (χ4v) is 4.25. The molecule has 8 heteroatoms. The first-order valence-electron chi connectivity index (χ1n) is 11.6. The summed E-state index contributed by atoms with van der Waals surface area (Å²) in [6, 6.07) is 12.0. The molecule has 0 radical (unpaired) electrons. The molecule has 4 rings (SSSR count). The van der Waals surface area contributed by atoms with E-state index in [0.29, 0.717) is 53.1 Å². The molecule has 1 amide bonds. The van der Waals surface area contributed by atoms with E-state index in [1.54, 1.807) is 23.1 Å². The Kier molecular flexibility index (Phi) is 7.07. The Morgan fingerprint density at radius 2 is 1.94 bits per heavy atom. The summed E-state index contributed by atoms with van der Waals surface area (Å²) >= 11 is 0. The van der Waals surface area contributed by atoms with Crippen molar-refractivity contribution in [1.82, 2.24) is 15.1 Å². The van der Waals surface area contributed by atoms with Gasteiger partial charge in [-0.25, -0.2) is 0 Å². The third-order valence-corrected chi connectivity index (χ3v) is 5.90. The molecule has 1 atom stereocenters. The van der Waals surface area contributed by atoms with Gasteiger partial charge in [0.2, 0.25) is 0 Å². The zero-order valence-electron chi connectivity index (χ0n) is 19.7. The highest BCUT2D eigenvalue weighted by Gasteiger charge is 2.42. The predicted octanol–water partition coefficient (Wildman–Crippen LogP) is 4.14. The molecule has 1 aliphatic heterocycles. The monoisotopic (exact) mass is 465 g/mol. The smallest absolute Gasteiger partial charge is 0.273 e. The SMILES string of the molecule is CCOc1cc(C2c3c(-c4ccccc4O)n[nH]c3C(=O)N2CCO)ccc1OCCC(C)C. The highest BCUT2D eigenvalue weighted by Crippen LogP contribution is 2.45. The molecule has 1 aliphatic rings. The maximum absolute atomic E-state index is 13.2. The van der Waals surface area contributed by atoms with E-state index in [4.69, 9.17) is 9.47 Å². The number of benzene rings is 2. The normalized spacial score (nSPS) is 15.1. The molecule has 0 aliphatic carbocycles. The van der Waals surface area contributed by atoms with E-state index < -0.39 is 6.04 Å². The van der Waals surface area contributed by atoms with Crippen molar-refractivity contribution < 1.29 is 24.5 Å². The summed E-state index contributed by atoms with van der Waals surface area (Å²) in [6.07, 6.45) is 0.928. The van der Waals surface area contributed by atoms with Gasteiger partial charge in [0.15, 0.2) is 11.5 Å². The van der Waals surface area contributed by atoms with Crippen LogP contribution in [0.3, 0.4) is 0 Å². The molecule has 8 nitrogen and oxygen atoms in total. The van der Waals surface area contributed by atoms with E-state index in [-0.39, 0.29) is 24.8 Å². The minimum absolute atomic E-state index is 0.0764. The highest BCUT2D eigenvalue weighted by atomic mass is 16.5. The summed E-state index contributed by atoms with van der Waals surface area (Å²) in [5.74, 6) is 1.60. The van der Waals surface area contributed by atoms with E-state index in [1.807, 2.05) is 31.2 Å². The van der Waals surface area contributed by atoms with Gasteiger partial charge in [0.05, 0.1) is 25.9 Å². The van der Waals surface area contributed by atoms with Gasteiger partial charge in [0, 0.05) is 17.7 Å². The van der Waals surface area contributed by atoms with Crippen LogP contribution in [0.15, 0.2) is 42.5 Å². The fourth-order valence-electron chi connectivity index (χ4n) is 4.25. The number of fused-ring (bicyclic) bond motifs is 1. The summed E-state index contributed by atoms with van der Waals surface area (Å²) in [6.45, 7) is 7.23. The number of β-amino-alcohol motifs (C(OH)–C–C–N with tert-alkyl or cyclic N) is 1. The number of hydrogen-bond donors (Lipinski definition) is 3. The molecule has 0 spiro atoms. The number of para-hydroxylation sites is 1. The van der Waals surface area contributed by atoms with Gasteiger partial charge in [-0.15, -0.1) is 0 Å². The van der Waals surface area contributed by atoms with E-state index in [0.717, 1.165) is 12.0 Å². The van der Waals surface area contributed by atoms with Crippen molar-refractivity contribution in [2.75, 3.05) is 26.4 Å². The maximum Gasteiger partial charge on any atom is 0.273 e. The molecule has 2 heterocycles. The van der Waals surface area contributed by atoms with Gasteiger partial charge < -0.3 is 24.6 Å². The van der Waals surface area contributed by atoms with Crippen LogP contribution in [0, 0.1) is 5.92 Å². The van der Waals surface area contributed by atoms with Crippen LogP contribution in [0.2, 0.25) is 0 Å². The number of H-pyrrole nitrogens is 1. The van der Waals surface area contributed by atoms with Crippen molar-refractivity contribution in [3.63, 3.8) is 0 Å². The number of carbonyl (C=O) groups is 1. The zero-order valence-corrected chi connectivity index (χ0v) is 19.7. The van der Waals surface area contributed by atoms with Crippen molar-refractivity contribution in [2.45, 2.75) is 33.2 Å². The van der Waals surface area contributed by atoms with Crippen molar-refractivity contribution in [3.8, 4) is 28.5 Å². The van der Waals surface area contributed by atoms with Gasteiger partial charge >= 0.3 is 0 Å². The third-order valence-electron chi connectivity index (χ3n) is 5.90. The standard InChI is InChI=1S/C26H31N3O5/c1-4-33-21-15-17(9-10-20(21)34-14-11-16(2)3)25-22-23(18-7-5-6-8-19(18)31)27-28-24(22)26(32)29(25)12-13-30/h5-10,15-16,25,30-31H,4,11-14H2,1-3H3,(H,27,28). The summed E-state index contributed by atoms with van der Waals surface area (Å²) in [5.41, 5.74) is 2.85. The number of phenolic OH excluding ortho intramolecular Hbond substituents is 1. The number of aromatic hydroxyl groups is 1. The second-order valence-corrected chi connectivity index (χ2v) is 8.67. The molecule has 3 aromatic rings. The van der Waals surface area contributed by atoms with E-state index in [9.17, 15) is 15.0 Å². The van der Waals surface area contributed by atoms with E-state index in [2.05, 4.69) is 24.0 Å². The van der Waals surface area contributed by atoms with Crippen molar-refractivity contribution >= 4 is 5.91 Å². The Morgan fingerprint density at radius 1 is 1.15 bits per heavy atom. The number of nitrogens with one attached hydrogen (secondary N) is 1. The fraction of sp³-hybridized carbons (Fsp3) is 0.385. The molecule has 0 bridgehead atoms. The molecular weight excluding hydrogens is 434 g/mol. The maximum atomic E-state index is 13.2. The van der Waals surface area contributed by atoms with Gasteiger partial charge in [0.1, 0.15) is 17.1 Å². The number of hydrogen-bond acceptors (Lipinski definition) is 6. The zero-order chi connectivity index (χ0) is 24.2. The van der Waals surface area contributed by atoms with Gasteiger partial charge in [-0.3, -0.25) is 9.89 Å². The Hall–Kier alpha value is -3.52. The molecule has 0 saturated heterocycles. The number of aromatic amines is 1. The van der Waals surface area contributed by atoms with E-state index >= 15 is 0 Å². The van der Waals surface area contributed by atoms with Gasteiger partial charge in [-0.05, 0) is 49.1 Å². The summed E-state index contributed by atoms with van der Waals surface area (Å²) in [5, 5.41) is 27.3.